The fraction of sp³-hybridized carbons (Fsp3) is 0.364. The first-order valence-corrected chi connectivity index (χ1v) is 5.30. The van der Waals surface area contributed by atoms with Crippen LogP contribution in [0.25, 0.3) is 0 Å². The fourth-order valence-corrected chi connectivity index (χ4v) is 1.52. The summed E-state index contributed by atoms with van der Waals surface area (Å²) in [5.74, 6) is -0.623. The van der Waals surface area contributed by atoms with Gasteiger partial charge in [-0.15, -0.1) is 11.6 Å². The number of carbonyl (C=O) groups excluding carboxylic acids is 1. The largest absolute Gasteiger partial charge is 0.352 e. The minimum atomic E-state index is -0.804. The van der Waals surface area contributed by atoms with Gasteiger partial charge in [0, 0.05) is 6.04 Å². The Morgan fingerprint density at radius 3 is 2.87 bits per heavy atom. The van der Waals surface area contributed by atoms with Crippen molar-refractivity contribution in [2.75, 3.05) is 0 Å². The summed E-state index contributed by atoms with van der Waals surface area (Å²) in [6.45, 7) is 0. The molecule has 4 heteroatoms. The van der Waals surface area contributed by atoms with Crippen molar-refractivity contribution in [2.24, 2.45) is 0 Å². The second-order valence-corrected chi connectivity index (χ2v) is 4.14. The molecule has 0 bridgehead atoms. The average Bonchev–Trinajstić information content (AvgIpc) is 3.00. The van der Waals surface area contributed by atoms with Crippen molar-refractivity contribution < 1.29 is 9.18 Å². The standard InChI is InChI=1S/C11H11ClFNO/c12-10(11(15)14-9-4-5-9)7-2-1-3-8(13)6-7/h1-3,6,9-10H,4-5H2,(H,14,15). The molecule has 80 valence electrons. The van der Waals surface area contributed by atoms with Crippen LogP contribution >= 0.6 is 11.6 Å². The fourth-order valence-electron chi connectivity index (χ4n) is 1.32. The van der Waals surface area contributed by atoms with E-state index in [0.717, 1.165) is 12.8 Å². The Bertz CT molecular complexity index is 379. The predicted molar refractivity (Wildman–Crippen MR) is 56.2 cm³/mol. The molecule has 1 aliphatic carbocycles. The number of halogens is 2. The summed E-state index contributed by atoms with van der Waals surface area (Å²) < 4.78 is 12.9. The van der Waals surface area contributed by atoms with E-state index in [2.05, 4.69) is 5.32 Å². The quantitative estimate of drug-likeness (QED) is 0.790. The van der Waals surface area contributed by atoms with Gasteiger partial charge >= 0.3 is 0 Å². The number of amides is 1. The van der Waals surface area contributed by atoms with Gasteiger partial charge < -0.3 is 5.32 Å². The molecule has 1 aromatic rings. The Hall–Kier alpha value is -1.09. The van der Waals surface area contributed by atoms with E-state index in [9.17, 15) is 9.18 Å². The molecule has 1 aliphatic rings. The number of alkyl halides is 1. The molecule has 1 amide bonds. The highest BCUT2D eigenvalue weighted by molar-refractivity contribution is 6.30. The molecular formula is C11H11ClFNO. The van der Waals surface area contributed by atoms with Crippen LogP contribution in [0.15, 0.2) is 24.3 Å². The van der Waals surface area contributed by atoms with Crippen LogP contribution in [0.4, 0.5) is 4.39 Å². The van der Waals surface area contributed by atoms with Crippen LogP contribution in [0.3, 0.4) is 0 Å². The number of rotatable bonds is 3. The predicted octanol–water partition coefficient (Wildman–Crippen LogP) is 2.38. The number of nitrogens with one attached hydrogen (secondary N) is 1. The van der Waals surface area contributed by atoms with Gasteiger partial charge in [0.25, 0.3) is 0 Å². The summed E-state index contributed by atoms with van der Waals surface area (Å²) in [6, 6.07) is 6.07. The molecule has 1 atom stereocenters. The van der Waals surface area contributed by atoms with Gasteiger partial charge in [0.05, 0.1) is 0 Å². The van der Waals surface area contributed by atoms with E-state index in [-0.39, 0.29) is 17.8 Å². The third-order valence-electron chi connectivity index (χ3n) is 2.30. The normalized spacial score (nSPS) is 17.2. The minimum Gasteiger partial charge on any atom is -0.352 e. The molecule has 0 spiro atoms. The summed E-state index contributed by atoms with van der Waals surface area (Å²) >= 11 is 5.92. The van der Waals surface area contributed by atoms with E-state index < -0.39 is 5.38 Å². The van der Waals surface area contributed by atoms with Crippen molar-refractivity contribution in [3.63, 3.8) is 0 Å². The van der Waals surface area contributed by atoms with Gasteiger partial charge in [0.1, 0.15) is 11.2 Å². The summed E-state index contributed by atoms with van der Waals surface area (Å²) in [7, 11) is 0. The molecule has 0 heterocycles. The van der Waals surface area contributed by atoms with E-state index >= 15 is 0 Å². The van der Waals surface area contributed by atoms with Gasteiger partial charge in [-0.3, -0.25) is 4.79 Å². The molecule has 1 fully saturated rings. The Morgan fingerprint density at radius 2 is 2.27 bits per heavy atom. The lowest BCUT2D eigenvalue weighted by molar-refractivity contribution is -0.121. The average molecular weight is 228 g/mol. The Morgan fingerprint density at radius 1 is 1.53 bits per heavy atom. The lowest BCUT2D eigenvalue weighted by Crippen LogP contribution is -2.28. The maximum atomic E-state index is 12.9. The second kappa shape index (κ2) is 4.19. The number of hydrogen-bond donors (Lipinski definition) is 1. The number of benzene rings is 1. The highest BCUT2D eigenvalue weighted by atomic mass is 35.5. The minimum absolute atomic E-state index is 0.246. The second-order valence-electron chi connectivity index (χ2n) is 3.70. The van der Waals surface area contributed by atoms with Crippen LogP contribution in [0.2, 0.25) is 0 Å². The SMILES string of the molecule is O=C(NC1CC1)C(Cl)c1cccc(F)c1. The van der Waals surface area contributed by atoms with E-state index in [4.69, 9.17) is 11.6 Å². The number of carbonyl (C=O) groups is 1. The van der Waals surface area contributed by atoms with Crippen LogP contribution in [0, 0.1) is 5.82 Å². The van der Waals surface area contributed by atoms with Gasteiger partial charge in [0.2, 0.25) is 5.91 Å². The lowest BCUT2D eigenvalue weighted by Gasteiger charge is -2.09. The molecule has 2 rings (SSSR count). The Kier molecular flexibility index (Phi) is 2.91. The monoisotopic (exact) mass is 227 g/mol. The summed E-state index contributed by atoms with van der Waals surface area (Å²) in [5, 5.41) is 1.97. The van der Waals surface area contributed by atoms with Crippen LogP contribution in [0.1, 0.15) is 23.8 Å². The van der Waals surface area contributed by atoms with E-state index in [0.29, 0.717) is 5.56 Å². The Balaban J connectivity index is 2.05. The zero-order valence-electron chi connectivity index (χ0n) is 8.04. The third-order valence-corrected chi connectivity index (χ3v) is 2.75. The molecule has 0 aliphatic heterocycles. The molecule has 1 N–H and O–H groups in total. The molecule has 0 radical (unpaired) electrons. The van der Waals surface area contributed by atoms with E-state index in [1.165, 1.54) is 12.1 Å². The van der Waals surface area contributed by atoms with Crippen molar-refractivity contribution in [3.05, 3.63) is 35.6 Å². The van der Waals surface area contributed by atoms with Gasteiger partial charge in [-0.1, -0.05) is 12.1 Å². The third kappa shape index (κ3) is 2.69. The van der Waals surface area contributed by atoms with Gasteiger partial charge in [-0.2, -0.15) is 0 Å². The van der Waals surface area contributed by atoms with Gasteiger partial charge in [-0.05, 0) is 30.5 Å². The van der Waals surface area contributed by atoms with Gasteiger partial charge in [-0.25, -0.2) is 4.39 Å². The molecule has 1 unspecified atom stereocenters. The summed E-state index contributed by atoms with van der Waals surface area (Å²) in [6.07, 6.45) is 2.02. The maximum absolute atomic E-state index is 12.9. The first kappa shape index (κ1) is 10.4. The molecule has 15 heavy (non-hydrogen) atoms. The first-order chi connectivity index (χ1) is 7.16. The van der Waals surface area contributed by atoms with Crippen LogP contribution in [0.5, 0.6) is 0 Å². The molecule has 1 saturated carbocycles. The smallest absolute Gasteiger partial charge is 0.242 e. The maximum Gasteiger partial charge on any atom is 0.242 e. The Labute approximate surface area is 92.4 Å². The van der Waals surface area contributed by atoms with Gasteiger partial charge in [0.15, 0.2) is 0 Å². The van der Waals surface area contributed by atoms with Crippen molar-refractivity contribution >= 4 is 17.5 Å². The van der Waals surface area contributed by atoms with Crippen molar-refractivity contribution in [3.8, 4) is 0 Å². The first-order valence-electron chi connectivity index (χ1n) is 4.87. The zero-order valence-corrected chi connectivity index (χ0v) is 8.80. The molecular weight excluding hydrogens is 217 g/mol. The topological polar surface area (TPSA) is 29.1 Å². The molecule has 0 saturated heterocycles. The molecule has 2 nitrogen and oxygen atoms in total. The van der Waals surface area contributed by atoms with Crippen molar-refractivity contribution in [1.82, 2.24) is 5.32 Å². The highest BCUT2D eigenvalue weighted by Gasteiger charge is 2.27. The van der Waals surface area contributed by atoms with Crippen LogP contribution < -0.4 is 5.32 Å². The van der Waals surface area contributed by atoms with Crippen LogP contribution in [-0.4, -0.2) is 11.9 Å². The highest BCUT2D eigenvalue weighted by Crippen LogP contribution is 2.24. The van der Waals surface area contributed by atoms with Crippen molar-refractivity contribution in [1.29, 1.82) is 0 Å². The van der Waals surface area contributed by atoms with Crippen LogP contribution in [-0.2, 0) is 4.79 Å². The molecule has 1 aromatic carbocycles. The molecule has 0 aromatic heterocycles. The van der Waals surface area contributed by atoms with Crippen molar-refractivity contribution in [2.45, 2.75) is 24.3 Å². The van der Waals surface area contributed by atoms with E-state index in [1.807, 2.05) is 0 Å². The van der Waals surface area contributed by atoms with E-state index in [1.54, 1.807) is 12.1 Å². The summed E-state index contributed by atoms with van der Waals surface area (Å²) in [4.78, 5) is 11.5. The zero-order chi connectivity index (χ0) is 10.8. The lowest BCUT2D eigenvalue weighted by atomic mass is 10.1. The number of hydrogen-bond acceptors (Lipinski definition) is 1. The summed E-state index contributed by atoms with van der Waals surface area (Å²) in [5.41, 5.74) is 0.495.